The fraction of sp³-hybridized carbons (Fsp3) is 0.609. The fourth-order valence-electron chi connectivity index (χ4n) is 4.74. The van der Waals surface area contributed by atoms with E-state index in [-0.39, 0.29) is 24.1 Å². The van der Waals surface area contributed by atoms with Gasteiger partial charge in [0.1, 0.15) is 6.04 Å². The molecule has 1 atom stereocenters. The number of aryl methyl sites for hydroxylation is 1. The average Bonchev–Trinajstić information content (AvgIpc) is 3.07. The van der Waals surface area contributed by atoms with Crippen LogP contribution in [0.4, 0.5) is 0 Å². The summed E-state index contributed by atoms with van der Waals surface area (Å²) in [6, 6.07) is 5.54. The minimum absolute atomic E-state index is 0.0982. The third-order valence-electron chi connectivity index (χ3n) is 6.49. The number of imide groups is 1. The first kappa shape index (κ1) is 21.0. The third kappa shape index (κ3) is 4.90. The number of benzene rings is 1. The molecule has 7 heteroatoms. The van der Waals surface area contributed by atoms with Gasteiger partial charge in [0.15, 0.2) is 0 Å². The number of fused-ring (bicyclic) bond motifs is 1. The zero-order valence-electron chi connectivity index (χ0n) is 17.6. The summed E-state index contributed by atoms with van der Waals surface area (Å²) < 4.78 is 0. The van der Waals surface area contributed by atoms with E-state index in [0.717, 1.165) is 31.5 Å². The molecule has 2 N–H and O–H groups in total. The highest BCUT2D eigenvalue weighted by atomic mass is 16.2. The number of unbranched alkanes of at least 4 members (excludes halogenated alkanes) is 3. The Morgan fingerprint density at radius 1 is 1.00 bits per heavy atom. The van der Waals surface area contributed by atoms with Crippen LogP contribution in [-0.4, -0.2) is 66.3 Å². The van der Waals surface area contributed by atoms with Gasteiger partial charge in [-0.1, -0.05) is 25.0 Å². The van der Waals surface area contributed by atoms with Crippen LogP contribution in [0.1, 0.15) is 60.0 Å². The van der Waals surface area contributed by atoms with Crippen molar-refractivity contribution in [3.8, 4) is 0 Å². The summed E-state index contributed by atoms with van der Waals surface area (Å²) >= 11 is 0. The number of hydrogen-bond acceptors (Lipinski definition) is 5. The quantitative estimate of drug-likeness (QED) is 0.499. The van der Waals surface area contributed by atoms with Crippen molar-refractivity contribution in [2.45, 2.75) is 57.5 Å². The summed E-state index contributed by atoms with van der Waals surface area (Å²) in [4.78, 5) is 40.4. The smallest absolute Gasteiger partial charge is 0.255 e. The number of carbonyl (C=O) groups is 3. The van der Waals surface area contributed by atoms with E-state index >= 15 is 0 Å². The van der Waals surface area contributed by atoms with Crippen molar-refractivity contribution in [2.24, 2.45) is 0 Å². The summed E-state index contributed by atoms with van der Waals surface area (Å²) in [7, 11) is 0. The van der Waals surface area contributed by atoms with Gasteiger partial charge in [0.25, 0.3) is 5.91 Å². The largest absolute Gasteiger partial charge is 0.322 e. The Kier molecular flexibility index (Phi) is 6.79. The van der Waals surface area contributed by atoms with Gasteiger partial charge in [-0.15, -0.1) is 0 Å². The van der Waals surface area contributed by atoms with E-state index in [1.807, 2.05) is 12.1 Å². The number of piperidine rings is 1. The van der Waals surface area contributed by atoms with Crippen LogP contribution in [-0.2, 0) is 22.6 Å². The van der Waals surface area contributed by atoms with Crippen LogP contribution >= 0.6 is 0 Å². The Labute approximate surface area is 178 Å². The van der Waals surface area contributed by atoms with Gasteiger partial charge in [-0.2, -0.15) is 0 Å². The van der Waals surface area contributed by atoms with Crippen LogP contribution in [0.3, 0.4) is 0 Å². The molecule has 0 aromatic heterocycles. The molecule has 0 saturated carbocycles. The maximum atomic E-state index is 12.8. The first-order chi connectivity index (χ1) is 14.6. The molecule has 7 nitrogen and oxygen atoms in total. The van der Waals surface area contributed by atoms with E-state index in [1.165, 1.54) is 44.5 Å². The van der Waals surface area contributed by atoms with E-state index in [1.54, 1.807) is 4.90 Å². The van der Waals surface area contributed by atoms with Crippen molar-refractivity contribution < 1.29 is 14.4 Å². The number of rotatable bonds is 8. The van der Waals surface area contributed by atoms with Crippen LogP contribution in [0.2, 0.25) is 0 Å². The van der Waals surface area contributed by atoms with Gasteiger partial charge in [0, 0.05) is 44.7 Å². The molecule has 0 bridgehead atoms. The number of carbonyl (C=O) groups excluding carboxylic acids is 3. The van der Waals surface area contributed by atoms with Crippen molar-refractivity contribution in [1.29, 1.82) is 0 Å². The third-order valence-corrected chi connectivity index (χ3v) is 6.49. The molecule has 3 amide bonds. The van der Waals surface area contributed by atoms with E-state index in [2.05, 4.69) is 21.6 Å². The van der Waals surface area contributed by atoms with Crippen molar-refractivity contribution in [3.63, 3.8) is 0 Å². The molecule has 162 valence electrons. The van der Waals surface area contributed by atoms with E-state index in [0.29, 0.717) is 18.5 Å². The lowest BCUT2D eigenvalue weighted by atomic mass is 10.0. The molecule has 1 unspecified atom stereocenters. The van der Waals surface area contributed by atoms with Gasteiger partial charge in [0.05, 0.1) is 0 Å². The summed E-state index contributed by atoms with van der Waals surface area (Å²) in [5.74, 6) is -0.706. The molecular formula is C23H32N4O3. The van der Waals surface area contributed by atoms with Gasteiger partial charge in [-0.05, 0) is 49.4 Å². The van der Waals surface area contributed by atoms with E-state index in [9.17, 15) is 14.4 Å². The Morgan fingerprint density at radius 3 is 2.60 bits per heavy atom. The molecule has 3 aliphatic heterocycles. The van der Waals surface area contributed by atoms with Gasteiger partial charge in [-0.25, -0.2) is 0 Å². The predicted octanol–water partition coefficient (Wildman–Crippen LogP) is 1.46. The second-order valence-corrected chi connectivity index (χ2v) is 8.65. The standard InChI is InChI=1S/C23H32N4O3/c28-21-9-8-20(22(29)25-21)27-16-18-15-17(6-7-19(18)23(27)30)5-3-1-2-4-12-26-13-10-24-11-14-26/h6-7,15,20,24H,1-5,8-14,16H2,(H,25,28,29). The second kappa shape index (κ2) is 9.71. The molecular weight excluding hydrogens is 380 g/mol. The minimum atomic E-state index is -0.540. The van der Waals surface area contributed by atoms with Crippen molar-refractivity contribution in [2.75, 3.05) is 32.7 Å². The molecule has 3 aliphatic rings. The van der Waals surface area contributed by atoms with E-state index in [4.69, 9.17) is 0 Å². The molecule has 0 spiro atoms. The van der Waals surface area contributed by atoms with Crippen molar-refractivity contribution in [1.82, 2.24) is 20.4 Å². The molecule has 0 aliphatic carbocycles. The Balaban J connectivity index is 1.23. The zero-order valence-corrected chi connectivity index (χ0v) is 17.6. The molecule has 30 heavy (non-hydrogen) atoms. The summed E-state index contributed by atoms with van der Waals surface area (Å²) in [5.41, 5.74) is 2.95. The first-order valence-corrected chi connectivity index (χ1v) is 11.3. The summed E-state index contributed by atoms with van der Waals surface area (Å²) in [5, 5.41) is 5.74. The van der Waals surface area contributed by atoms with E-state index < -0.39 is 6.04 Å². The van der Waals surface area contributed by atoms with Gasteiger partial charge < -0.3 is 15.1 Å². The fourth-order valence-corrected chi connectivity index (χ4v) is 4.74. The molecule has 2 saturated heterocycles. The number of hydrogen-bond donors (Lipinski definition) is 2. The van der Waals surface area contributed by atoms with Gasteiger partial charge >= 0.3 is 0 Å². The molecule has 0 radical (unpaired) electrons. The predicted molar refractivity (Wildman–Crippen MR) is 114 cm³/mol. The number of amides is 3. The highest BCUT2D eigenvalue weighted by Crippen LogP contribution is 2.28. The highest BCUT2D eigenvalue weighted by molar-refractivity contribution is 6.05. The SMILES string of the molecule is O=C1CCC(N2Cc3cc(CCCCCCN4CCNCC4)ccc3C2=O)C(=O)N1. The molecule has 1 aromatic rings. The Bertz CT molecular complexity index is 804. The molecule has 4 rings (SSSR count). The number of piperazine rings is 1. The van der Waals surface area contributed by atoms with Crippen molar-refractivity contribution in [3.05, 3.63) is 34.9 Å². The zero-order chi connectivity index (χ0) is 20.9. The monoisotopic (exact) mass is 412 g/mol. The van der Waals surface area contributed by atoms with Gasteiger partial charge in [0.2, 0.25) is 11.8 Å². The minimum Gasteiger partial charge on any atom is -0.322 e. The lowest BCUT2D eigenvalue weighted by Gasteiger charge is -2.29. The van der Waals surface area contributed by atoms with Gasteiger partial charge in [-0.3, -0.25) is 19.7 Å². The highest BCUT2D eigenvalue weighted by Gasteiger charge is 2.38. The maximum Gasteiger partial charge on any atom is 0.255 e. The molecule has 2 fully saturated rings. The van der Waals surface area contributed by atoms with Crippen LogP contribution in [0.5, 0.6) is 0 Å². The Hall–Kier alpha value is -2.25. The first-order valence-electron chi connectivity index (χ1n) is 11.3. The summed E-state index contributed by atoms with van der Waals surface area (Å²) in [6.07, 6.45) is 6.63. The second-order valence-electron chi connectivity index (χ2n) is 8.65. The lowest BCUT2D eigenvalue weighted by molar-refractivity contribution is -0.136. The van der Waals surface area contributed by atoms with Crippen molar-refractivity contribution >= 4 is 17.7 Å². The summed E-state index contributed by atoms with van der Waals surface area (Å²) in [6.45, 7) is 6.23. The van der Waals surface area contributed by atoms with Crippen LogP contribution in [0.25, 0.3) is 0 Å². The molecule has 3 heterocycles. The van der Waals surface area contributed by atoms with Crippen LogP contribution < -0.4 is 10.6 Å². The number of nitrogens with one attached hydrogen (secondary N) is 2. The maximum absolute atomic E-state index is 12.8. The number of nitrogens with zero attached hydrogens (tertiary/aromatic N) is 2. The Morgan fingerprint density at radius 2 is 1.80 bits per heavy atom. The topological polar surface area (TPSA) is 81.8 Å². The normalized spacial score (nSPS) is 22.3. The molecule has 1 aromatic carbocycles. The van der Waals surface area contributed by atoms with Crippen LogP contribution in [0, 0.1) is 0 Å². The van der Waals surface area contributed by atoms with Crippen LogP contribution in [0.15, 0.2) is 18.2 Å². The average molecular weight is 413 g/mol. The lowest BCUT2D eigenvalue weighted by Crippen LogP contribution is -2.52.